The van der Waals surface area contributed by atoms with Gasteiger partial charge in [0.1, 0.15) is 5.82 Å². The minimum atomic E-state index is -2.86. The second-order valence-corrected chi connectivity index (χ2v) is 7.98. The second kappa shape index (κ2) is 6.08. The molecule has 3 rings (SSSR count). The van der Waals surface area contributed by atoms with Crippen molar-refractivity contribution in [2.75, 3.05) is 11.5 Å². The lowest BCUT2D eigenvalue weighted by Crippen LogP contribution is -2.24. The van der Waals surface area contributed by atoms with Crippen LogP contribution in [0.3, 0.4) is 0 Å². The first-order valence-electron chi connectivity index (χ1n) is 7.41. The number of imidazole rings is 1. The van der Waals surface area contributed by atoms with Crippen LogP contribution in [0.25, 0.3) is 5.52 Å². The minimum absolute atomic E-state index is 0.0584. The molecule has 1 N–H and O–H groups in total. The van der Waals surface area contributed by atoms with E-state index in [9.17, 15) is 13.2 Å². The van der Waals surface area contributed by atoms with Crippen molar-refractivity contribution >= 4 is 21.3 Å². The molecule has 22 heavy (non-hydrogen) atoms. The highest BCUT2D eigenvalue weighted by Crippen LogP contribution is 2.22. The van der Waals surface area contributed by atoms with E-state index in [0.717, 1.165) is 11.3 Å². The van der Waals surface area contributed by atoms with Crippen LogP contribution in [-0.2, 0) is 21.2 Å². The number of aromatic nitrogens is 2. The summed E-state index contributed by atoms with van der Waals surface area (Å²) in [6.07, 6.45) is 5.36. The fourth-order valence-electron chi connectivity index (χ4n) is 2.83. The zero-order valence-corrected chi connectivity index (χ0v) is 13.1. The Morgan fingerprint density at radius 2 is 2.27 bits per heavy atom. The van der Waals surface area contributed by atoms with Crippen molar-refractivity contribution in [3.05, 3.63) is 36.4 Å². The summed E-state index contributed by atoms with van der Waals surface area (Å²) < 4.78 is 24.7. The summed E-state index contributed by atoms with van der Waals surface area (Å²) in [4.78, 5) is 16.2. The van der Waals surface area contributed by atoms with E-state index in [2.05, 4.69) is 10.3 Å². The smallest absolute Gasteiger partial charge is 0.220 e. The molecule has 118 valence electrons. The molecule has 2 aromatic rings. The fraction of sp³-hybridized carbons (Fsp3) is 0.467. The van der Waals surface area contributed by atoms with Crippen molar-refractivity contribution in [3.8, 4) is 0 Å². The van der Waals surface area contributed by atoms with Crippen LogP contribution in [-0.4, -0.2) is 35.2 Å². The largest absolute Gasteiger partial charge is 0.349 e. The van der Waals surface area contributed by atoms with Crippen LogP contribution in [0.15, 0.2) is 30.6 Å². The van der Waals surface area contributed by atoms with Gasteiger partial charge in [-0.3, -0.25) is 4.79 Å². The van der Waals surface area contributed by atoms with Gasteiger partial charge in [-0.25, -0.2) is 13.4 Å². The zero-order chi connectivity index (χ0) is 15.6. The van der Waals surface area contributed by atoms with Gasteiger partial charge in [-0.1, -0.05) is 6.07 Å². The summed E-state index contributed by atoms with van der Waals surface area (Å²) in [7, 11) is -2.86. The fourth-order valence-corrected chi connectivity index (χ4v) is 4.74. The predicted molar refractivity (Wildman–Crippen MR) is 83.0 cm³/mol. The van der Waals surface area contributed by atoms with Gasteiger partial charge in [0.2, 0.25) is 5.91 Å². The molecule has 7 heteroatoms. The van der Waals surface area contributed by atoms with Crippen LogP contribution in [0.5, 0.6) is 0 Å². The van der Waals surface area contributed by atoms with E-state index in [0.29, 0.717) is 25.8 Å². The summed E-state index contributed by atoms with van der Waals surface area (Å²) in [5.41, 5.74) is 0.989. The Kier molecular flexibility index (Phi) is 4.15. The molecule has 1 unspecified atom stereocenters. The number of rotatable bonds is 5. The second-order valence-electron chi connectivity index (χ2n) is 5.75. The van der Waals surface area contributed by atoms with E-state index in [1.54, 1.807) is 6.20 Å². The third-order valence-corrected chi connectivity index (χ3v) is 5.90. The lowest BCUT2D eigenvalue weighted by molar-refractivity contribution is -0.121. The van der Waals surface area contributed by atoms with Gasteiger partial charge in [0.05, 0.1) is 29.8 Å². The van der Waals surface area contributed by atoms with E-state index in [1.807, 2.05) is 28.8 Å². The standard InChI is InChI=1S/C15H19N3O3S/c19-15(5-4-12-6-8-22(20,21)11-12)17-10-14-16-9-13-3-1-2-7-18(13)14/h1-3,7,9,12H,4-6,8,10-11H2,(H,17,19). The van der Waals surface area contributed by atoms with E-state index in [4.69, 9.17) is 0 Å². The number of hydrogen-bond donors (Lipinski definition) is 1. The quantitative estimate of drug-likeness (QED) is 0.896. The molecule has 1 aliphatic heterocycles. The van der Waals surface area contributed by atoms with Crippen LogP contribution in [0.2, 0.25) is 0 Å². The Bertz CT molecular complexity index is 782. The number of sulfone groups is 1. The number of nitrogens with one attached hydrogen (secondary N) is 1. The van der Waals surface area contributed by atoms with Crippen molar-refractivity contribution in [1.82, 2.24) is 14.7 Å². The third-order valence-electron chi connectivity index (χ3n) is 4.07. The first-order chi connectivity index (χ1) is 10.5. The van der Waals surface area contributed by atoms with Gasteiger partial charge in [0.25, 0.3) is 0 Å². The maximum atomic E-state index is 11.9. The molecule has 0 saturated carbocycles. The highest BCUT2D eigenvalue weighted by molar-refractivity contribution is 7.91. The first-order valence-corrected chi connectivity index (χ1v) is 9.24. The van der Waals surface area contributed by atoms with Gasteiger partial charge < -0.3 is 9.72 Å². The number of hydrogen-bond acceptors (Lipinski definition) is 4. The van der Waals surface area contributed by atoms with Gasteiger partial charge in [-0.15, -0.1) is 0 Å². The van der Waals surface area contributed by atoms with Gasteiger partial charge >= 0.3 is 0 Å². The molecule has 0 radical (unpaired) electrons. The number of pyridine rings is 1. The average molecular weight is 321 g/mol. The minimum Gasteiger partial charge on any atom is -0.349 e. The summed E-state index contributed by atoms with van der Waals surface area (Å²) in [5, 5.41) is 2.85. The molecule has 0 aromatic carbocycles. The predicted octanol–water partition coefficient (Wildman–Crippen LogP) is 1.17. The Hall–Kier alpha value is -1.89. The summed E-state index contributed by atoms with van der Waals surface area (Å²) >= 11 is 0. The maximum absolute atomic E-state index is 11.9. The van der Waals surface area contributed by atoms with Crippen molar-refractivity contribution in [2.45, 2.75) is 25.8 Å². The van der Waals surface area contributed by atoms with Crippen LogP contribution in [0, 0.1) is 5.92 Å². The molecule has 3 heterocycles. The number of nitrogens with zero attached hydrogens (tertiary/aromatic N) is 2. The summed E-state index contributed by atoms with van der Waals surface area (Å²) in [6, 6.07) is 5.81. The molecular formula is C15H19N3O3S. The van der Waals surface area contributed by atoms with Crippen LogP contribution in [0.4, 0.5) is 0 Å². The van der Waals surface area contributed by atoms with Gasteiger partial charge in [-0.2, -0.15) is 0 Å². The van der Waals surface area contributed by atoms with E-state index < -0.39 is 9.84 Å². The number of carbonyl (C=O) groups excluding carboxylic acids is 1. The van der Waals surface area contributed by atoms with E-state index in [1.165, 1.54) is 0 Å². The average Bonchev–Trinajstić information content (AvgIpc) is 3.06. The van der Waals surface area contributed by atoms with Crippen molar-refractivity contribution in [3.63, 3.8) is 0 Å². The molecule has 1 saturated heterocycles. The molecule has 2 aromatic heterocycles. The van der Waals surface area contributed by atoms with E-state index in [-0.39, 0.29) is 23.3 Å². The monoisotopic (exact) mass is 321 g/mol. The molecule has 1 atom stereocenters. The molecule has 0 bridgehead atoms. The van der Waals surface area contributed by atoms with Gasteiger partial charge in [0, 0.05) is 12.6 Å². The number of carbonyl (C=O) groups is 1. The van der Waals surface area contributed by atoms with E-state index >= 15 is 0 Å². The molecule has 0 spiro atoms. The maximum Gasteiger partial charge on any atom is 0.220 e. The summed E-state index contributed by atoms with van der Waals surface area (Å²) in [6.45, 7) is 0.375. The van der Waals surface area contributed by atoms with Gasteiger partial charge in [-0.05, 0) is 30.9 Å². The molecule has 0 aliphatic carbocycles. The third kappa shape index (κ3) is 3.47. The van der Waals surface area contributed by atoms with Crippen molar-refractivity contribution < 1.29 is 13.2 Å². The highest BCUT2D eigenvalue weighted by atomic mass is 32.2. The SMILES string of the molecule is O=C(CCC1CCS(=O)(=O)C1)NCc1ncc2ccccn12. The molecule has 6 nitrogen and oxygen atoms in total. The Labute approximate surface area is 129 Å². The van der Waals surface area contributed by atoms with Crippen LogP contribution in [0.1, 0.15) is 25.1 Å². The van der Waals surface area contributed by atoms with Crippen molar-refractivity contribution in [2.24, 2.45) is 5.92 Å². The normalized spacial score (nSPS) is 20.3. The number of fused-ring (bicyclic) bond motifs is 1. The van der Waals surface area contributed by atoms with Gasteiger partial charge in [0.15, 0.2) is 9.84 Å². The van der Waals surface area contributed by atoms with Crippen molar-refractivity contribution in [1.29, 1.82) is 0 Å². The Morgan fingerprint density at radius 3 is 3.05 bits per heavy atom. The number of amides is 1. The molecule has 1 amide bonds. The zero-order valence-electron chi connectivity index (χ0n) is 12.2. The van der Waals surface area contributed by atoms with Crippen LogP contribution < -0.4 is 5.32 Å². The molecule has 1 aliphatic rings. The first kappa shape index (κ1) is 15.0. The lowest BCUT2D eigenvalue weighted by atomic mass is 10.0. The molecular weight excluding hydrogens is 302 g/mol. The molecule has 1 fully saturated rings. The summed E-state index contributed by atoms with van der Waals surface area (Å²) in [5.74, 6) is 1.34. The lowest BCUT2D eigenvalue weighted by Gasteiger charge is -2.08. The highest BCUT2D eigenvalue weighted by Gasteiger charge is 2.27. The Morgan fingerprint density at radius 1 is 1.41 bits per heavy atom. The Balaban J connectivity index is 1.48. The van der Waals surface area contributed by atoms with Crippen LogP contribution >= 0.6 is 0 Å². The topological polar surface area (TPSA) is 80.5 Å².